The van der Waals surface area contributed by atoms with Crippen LogP contribution in [-0.2, 0) is 4.79 Å². The second kappa shape index (κ2) is 5.97. The predicted molar refractivity (Wildman–Crippen MR) is 45.3 cm³/mol. The molecule has 0 bridgehead atoms. The Hall–Kier alpha value is -0.610. The van der Waals surface area contributed by atoms with Gasteiger partial charge in [-0.1, -0.05) is 0 Å². The smallest absolute Gasteiger partial charge is 0.104 e. The molecule has 0 aromatic heterocycles. The first-order chi connectivity index (χ1) is 5.15. The standard InChI is InChI=1S/C6H16NO.C2H4O2/c1-6(8)5-7(2,3)4;1-2(3)4/h6,8H,5H2,1-4H3;1H3,(H,3,4)/q+1;/p-1. The van der Waals surface area contributed by atoms with Crippen molar-refractivity contribution >= 4 is 5.97 Å². The molecular formula is C8H19NO3. The summed E-state index contributed by atoms with van der Waals surface area (Å²) in [4.78, 5) is 8.89. The summed E-state index contributed by atoms with van der Waals surface area (Å²) in [5, 5.41) is 17.8. The van der Waals surface area contributed by atoms with Gasteiger partial charge in [0.05, 0.1) is 21.1 Å². The maximum atomic E-state index is 8.89. The molecule has 0 aliphatic rings. The second-order valence-corrected chi connectivity index (χ2v) is 3.81. The average molecular weight is 177 g/mol. The summed E-state index contributed by atoms with van der Waals surface area (Å²) in [7, 11) is 6.19. The minimum atomic E-state index is -1.08. The summed E-state index contributed by atoms with van der Waals surface area (Å²) in [5.74, 6) is -1.08. The Morgan fingerprint density at radius 1 is 1.50 bits per heavy atom. The number of aliphatic hydroxyl groups is 1. The molecule has 0 amide bonds. The molecule has 12 heavy (non-hydrogen) atoms. The molecule has 0 rings (SSSR count). The molecule has 4 nitrogen and oxygen atoms in total. The molecule has 0 saturated heterocycles. The van der Waals surface area contributed by atoms with Crippen molar-refractivity contribution in [2.24, 2.45) is 0 Å². The van der Waals surface area contributed by atoms with Crippen LogP contribution >= 0.6 is 0 Å². The fraction of sp³-hybridized carbons (Fsp3) is 0.875. The summed E-state index contributed by atoms with van der Waals surface area (Å²) in [6.07, 6.45) is -0.185. The number of carboxylic acids is 1. The molecular weight excluding hydrogens is 158 g/mol. The number of rotatable bonds is 2. The van der Waals surface area contributed by atoms with Gasteiger partial charge < -0.3 is 19.5 Å². The highest BCUT2D eigenvalue weighted by Gasteiger charge is 2.09. The Balaban J connectivity index is 0. The van der Waals surface area contributed by atoms with Crippen LogP contribution in [0.4, 0.5) is 0 Å². The lowest BCUT2D eigenvalue weighted by atomic mass is 10.3. The Labute approximate surface area is 74.0 Å². The summed E-state index contributed by atoms with van der Waals surface area (Å²) >= 11 is 0. The van der Waals surface area contributed by atoms with Gasteiger partial charge in [-0.05, 0) is 13.8 Å². The van der Waals surface area contributed by atoms with Crippen LogP contribution in [0.5, 0.6) is 0 Å². The molecule has 0 aromatic rings. The van der Waals surface area contributed by atoms with E-state index in [-0.39, 0.29) is 6.10 Å². The largest absolute Gasteiger partial charge is 0.550 e. The minimum absolute atomic E-state index is 0.185. The maximum absolute atomic E-state index is 8.89. The first-order valence-corrected chi connectivity index (χ1v) is 3.81. The minimum Gasteiger partial charge on any atom is -0.550 e. The lowest BCUT2D eigenvalue weighted by Gasteiger charge is -2.24. The fourth-order valence-electron chi connectivity index (χ4n) is 0.793. The summed E-state index contributed by atoms with van der Waals surface area (Å²) in [5.41, 5.74) is 0. The van der Waals surface area contributed by atoms with Gasteiger partial charge >= 0.3 is 0 Å². The number of carboxylic acid groups (broad SMARTS) is 1. The SMILES string of the molecule is CC(=O)[O-].CC(O)C[N+](C)(C)C. The third-order valence-corrected chi connectivity index (χ3v) is 0.812. The zero-order valence-corrected chi connectivity index (χ0v) is 8.50. The van der Waals surface area contributed by atoms with Crippen LogP contribution in [-0.4, -0.2) is 49.4 Å². The van der Waals surface area contributed by atoms with Crippen molar-refractivity contribution in [2.75, 3.05) is 27.7 Å². The quantitative estimate of drug-likeness (QED) is 0.541. The van der Waals surface area contributed by atoms with Crippen LogP contribution < -0.4 is 5.11 Å². The number of quaternary nitrogens is 1. The van der Waals surface area contributed by atoms with Crippen molar-refractivity contribution in [3.05, 3.63) is 0 Å². The lowest BCUT2D eigenvalue weighted by molar-refractivity contribution is -0.873. The van der Waals surface area contributed by atoms with Gasteiger partial charge in [-0.3, -0.25) is 0 Å². The number of hydrogen-bond acceptors (Lipinski definition) is 3. The topological polar surface area (TPSA) is 60.4 Å². The van der Waals surface area contributed by atoms with Gasteiger partial charge in [-0.2, -0.15) is 0 Å². The van der Waals surface area contributed by atoms with Crippen molar-refractivity contribution in [3.8, 4) is 0 Å². The van der Waals surface area contributed by atoms with E-state index in [0.717, 1.165) is 18.0 Å². The molecule has 0 saturated carbocycles. The molecule has 0 heterocycles. The monoisotopic (exact) mass is 177 g/mol. The van der Waals surface area contributed by atoms with Crippen LogP contribution in [0.25, 0.3) is 0 Å². The molecule has 1 unspecified atom stereocenters. The highest BCUT2D eigenvalue weighted by molar-refractivity contribution is 5.60. The number of nitrogens with zero attached hydrogens (tertiary/aromatic N) is 1. The molecule has 4 heteroatoms. The van der Waals surface area contributed by atoms with E-state index < -0.39 is 5.97 Å². The number of aliphatic carboxylic acids is 1. The van der Waals surface area contributed by atoms with Crippen molar-refractivity contribution in [1.29, 1.82) is 0 Å². The van der Waals surface area contributed by atoms with Crippen molar-refractivity contribution in [3.63, 3.8) is 0 Å². The number of carbonyl (C=O) groups excluding carboxylic acids is 1. The van der Waals surface area contributed by atoms with Crippen LogP contribution in [0.1, 0.15) is 13.8 Å². The van der Waals surface area contributed by atoms with E-state index in [9.17, 15) is 0 Å². The molecule has 1 N–H and O–H groups in total. The van der Waals surface area contributed by atoms with Gasteiger partial charge in [0.1, 0.15) is 12.6 Å². The fourth-order valence-corrected chi connectivity index (χ4v) is 0.793. The first-order valence-electron chi connectivity index (χ1n) is 3.81. The summed E-state index contributed by atoms with van der Waals surface area (Å²) in [6.45, 7) is 3.60. The molecule has 0 fully saturated rings. The summed E-state index contributed by atoms with van der Waals surface area (Å²) < 4.78 is 0.831. The van der Waals surface area contributed by atoms with Crippen LogP contribution in [0.15, 0.2) is 0 Å². The van der Waals surface area contributed by atoms with Crippen molar-refractivity contribution in [2.45, 2.75) is 20.0 Å². The van der Waals surface area contributed by atoms with Crippen molar-refractivity contribution in [1.82, 2.24) is 0 Å². The van der Waals surface area contributed by atoms with Gasteiger partial charge in [0, 0.05) is 5.97 Å². The van der Waals surface area contributed by atoms with E-state index in [4.69, 9.17) is 15.0 Å². The third-order valence-electron chi connectivity index (χ3n) is 0.812. The third kappa shape index (κ3) is 34.3. The Morgan fingerprint density at radius 2 is 1.75 bits per heavy atom. The summed E-state index contributed by atoms with van der Waals surface area (Å²) in [6, 6.07) is 0. The van der Waals surface area contributed by atoms with Crippen LogP contribution in [0.3, 0.4) is 0 Å². The van der Waals surface area contributed by atoms with Crippen LogP contribution in [0, 0.1) is 0 Å². The van der Waals surface area contributed by atoms with Crippen LogP contribution in [0.2, 0.25) is 0 Å². The van der Waals surface area contributed by atoms with E-state index in [1.54, 1.807) is 0 Å². The van der Waals surface area contributed by atoms with E-state index in [1.807, 2.05) is 6.92 Å². The Morgan fingerprint density at radius 3 is 1.75 bits per heavy atom. The molecule has 74 valence electrons. The zero-order valence-electron chi connectivity index (χ0n) is 8.50. The van der Waals surface area contributed by atoms with E-state index >= 15 is 0 Å². The van der Waals surface area contributed by atoms with Gasteiger partial charge in [0.2, 0.25) is 0 Å². The molecule has 0 radical (unpaired) electrons. The molecule has 1 atom stereocenters. The number of aliphatic hydroxyl groups excluding tert-OH is 1. The van der Waals surface area contributed by atoms with E-state index in [2.05, 4.69) is 21.1 Å². The predicted octanol–water partition coefficient (Wildman–Crippen LogP) is -1.17. The van der Waals surface area contributed by atoms with E-state index in [0.29, 0.717) is 0 Å². The number of hydrogen-bond donors (Lipinski definition) is 1. The van der Waals surface area contributed by atoms with Gasteiger partial charge in [0.15, 0.2) is 0 Å². The van der Waals surface area contributed by atoms with Gasteiger partial charge in [-0.25, -0.2) is 0 Å². The number of carbonyl (C=O) groups is 1. The number of likely N-dealkylation sites (N-methyl/N-ethyl adjacent to an activating group) is 1. The van der Waals surface area contributed by atoms with Gasteiger partial charge in [0.25, 0.3) is 0 Å². The van der Waals surface area contributed by atoms with E-state index in [1.165, 1.54) is 0 Å². The lowest BCUT2D eigenvalue weighted by Crippen LogP contribution is -2.40. The average Bonchev–Trinajstić information content (AvgIpc) is 1.52. The Bertz CT molecular complexity index is 123. The first kappa shape index (κ1) is 13.9. The molecule has 0 spiro atoms. The Kier molecular flexibility index (Phi) is 6.94. The maximum Gasteiger partial charge on any atom is 0.104 e. The normalized spacial score (nSPS) is 12.8. The highest BCUT2D eigenvalue weighted by Crippen LogP contribution is 1.92. The highest BCUT2D eigenvalue weighted by atomic mass is 16.4. The molecule has 0 aliphatic heterocycles. The molecule has 0 aromatic carbocycles. The van der Waals surface area contributed by atoms with Gasteiger partial charge in [-0.15, -0.1) is 0 Å². The second-order valence-electron chi connectivity index (χ2n) is 3.81. The zero-order chi connectivity index (χ0) is 10.4. The van der Waals surface area contributed by atoms with Crippen molar-refractivity contribution < 1.29 is 19.5 Å². The molecule has 0 aliphatic carbocycles.